The van der Waals surface area contributed by atoms with E-state index < -0.39 is 22.0 Å². The number of hydrogen-bond donors (Lipinski definition) is 3. The summed E-state index contributed by atoms with van der Waals surface area (Å²) in [4.78, 5) is 10.6. The molecule has 0 heterocycles. The first kappa shape index (κ1) is 16.9. The average Bonchev–Trinajstić information content (AvgIpc) is 2.35. The van der Waals surface area contributed by atoms with E-state index in [0.29, 0.717) is 0 Å². The second kappa shape index (κ2) is 6.53. The summed E-state index contributed by atoms with van der Waals surface area (Å²) in [6.07, 6.45) is 0. The van der Waals surface area contributed by atoms with Gasteiger partial charge in [0.1, 0.15) is 4.90 Å². The van der Waals surface area contributed by atoms with Crippen molar-refractivity contribution in [2.75, 3.05) is 6.61 Å². The van der Waals surface area contributed by atoms with Crippen LogP contribution in [0.2, 0.25) is 5.02 Å². The molecule has 112 valence electrons. The lowest BCUT2D eigenvalue weighted by Crippen LogP contribution is -2.41. The zero-order chi connectivity index (χ0) is 15.5. The van der Waals surface area contributed by atoms with Gasteiger partial charge in [-0.05, 0) is 24.1 Å². The van der Waals surface area contributed by atoms with Crippen LogP contribution in [0, 0.1) is 5.92 Å². The minimum Gasteiger partial charge on any atom is -0.478 e. The van der Waals surface area contributed by atoms with Crippen LogP contribution in [0.25, 0.3) is 0 Å². The van der Waals surface area contributed by atoms with Gasteiger partial charge in [-0.15, -0.1) is 0 Å². The largest absolute Gasteiger partial charge is 0.478 e. The maximum absolute atomic E-state index is 12.2. The molecule has 0 aliphatic carbocycles. The Morgan fingerprint density at radius 1 is 1.40 bits per heavy atom. The first-order valence-electron chi connectivity index (χ1n) is 5.85. The van der Waals surface area contributed by atoms with E-state index in [0.717, 1.165) is 6.07 Å². The van der Waals surface area contributed by atoms with E-state index in [9.17, 15) is 13.2 Å². The van der Waals surface area contributed by atoms with Crippen molar-refractivity contribution in [2.45, 2.75) is 24.8 Å². The Kier molecular flexibility index (Phi) is 5.52. The predicted molar refractivity (Wildman–Crippen MR) is 74.4 cm³/mol. The number of carboxylic acid groups (broad SMARTS) is 1. The minimum atomic E-state index is -4.01. The van der Waals surface area contributed by atoms with Crippen molar-refractivity contribution in [3.8, 4) is 0 Å². The number of sulfonamides is 1. The Bertz CT molecular complexity index is 600. The number of hydrogen-bond acceptors (Lipinski definition) is 4. The lowest BCUT2D eigenvalue weighted by molar-refractivity contribution is 0.0696. The first-order chi connectivity index (χ1) is 9.19. The molecule has 6 nitrogen and oxygen atoms in total. The van der Waals surface area contributed by atoms with Crippen LogP contribution in [0.5, 0.6) is 0 Å². The molecule has 3 N–H and O–H groups in total. The molecule has 8 heteroatoms. The summed E-state index contributed by atoms with van der Waals surface area (Å²) in [5.41, 5.74) is -0.181. The molecule has 0 spiro atoms. The number of aliphatic hydroxyl groups excluding tert-OH is 1. The highest BCUT2D eigenvalue weighted by molar-refractivity contribution is 7.89. The van der Waals surface area contributed by atoms with Crippen molar-refractivity contribution in [2.24, 2.45) is 5.92 Å². The summed E-state index contributed by atoms with van der Waals surface area (Å²) in [6.45, 7) is 3.13. The summed E-state index contributed by atoms with van der Waals surface area (Å²) < 4.78 is 26.7. The van der Waals surface area contributed by atoms with Gasteiger partial charge in [0.25, 0.3) is 0 Å². The smallest absolute Gasteiger partial charge is 0.335 e. The van der Waals surface area contributed by atoms with Crippen molar-refractivity contribution < 1.29 is 23.4 Å². The van der Waals surface area contributed by atoms with E-state index in [1.165, 1.54) is 12.1 Å². The monoisotopic (exact) mass is 321 g/mol. The van der Waals surface area contributed by atoms with Gasteiger partial charge in [0.05, 0.1) is 17.2 Å². The zero-order valence-corrected chi connectivity index (χ0v) is 12.6. The molecule has 0 saturated carbocycles. The SMILES string of the molecule is CC(C)C(CO)NS(=O)(=O)c1cc(C(=O)O)ccc1Cl. The Hall–Kier alpha value is -1.15. The summed E-state index contributed by atoms with van der Waals surface area (Å²) in [6, 6.07) is 2.74. The standard InChI is InChI=1S/C12H16ClNO5S/c1-7(2)10(6-15)14-20(18,19)11-5-8(12(16)17)3-4-9(11)13/h3-5,7,10,14-15H,6H2,1-2H3,(H,16,17). The molecule has 20 heavy (non-hydrogen) atoms. The van der Waals surface area contributed by atoms with Gasteiger partial charge in [0.2, 0.25) is 10.0 Å². The predicted octanol–water partition coefficient (Wildman–Crippen LogP) is 1.33. The molecule has 0 aromatic heterocycles. The second-order valence-corrected chi connectivity index (χ2v) is 6.69. The van der Waals surface area contributed by atoms with Gasteiger partial charge >= 0.3 is 5.97 Å². The minimum absolute atomic E-state index is 0.0806. The molecule has 1 aromatic carbocycles. The molecule has 0 radical (unpaired) electrons. The number of aliphatic hydroxyl groups is 1. The van der Waals surface area contributed by atoms with Gasteiger partial charge in [-0.2, -0.15) is 0 Å². The molecule has 0 aliphatic heterocycles. The van der Waals surface area contributed by atoms with Gasteiger partial charge in [0, 0.05) is 6.04 Å². The van der Waals surface area contributed by atoms with E-state index in [2.05, 4.69) is 4.72 Å². The van der Waals surface area contributed by atoms with Crippen LogP contribution in [0.1, 0.15) is 24.2 Å². The summed E-state index contributed by atoms with van der Waals surface area (Å²) in [5.74, 6) is -1.38. The van der Waals surface area contributed by atoms with Crippen LogP contribution < -0.4 is 4.72 Å². The Morgan fingerprint density at radius 3 is 2.45 bits per heavy atom. The fourth-order valence-corrected chi connectivity index (χ4v) is 3.39. The molecule has 0 fully saturated rings. The average molecular weight is 322 g/mol. The Balaban J connectivity index is 3.21. The van der Waals surface area contributed by atoms with E-state index in [4.69, 9.17) is 21.8 Å². The van der Waals surface area contributed by atoms with Crippen LogP contribution in [0.4, 0.5) is 0 Å². The molecule has 0 aliphatic rings. The number of carbonyl (C=O) groups is 1. The highest BCUT2D eigenvalue weighted by atomic mass is 35.5. The zero-order valence-electron chi connectivity index (χ0n) is 11.0. The number of halogens is 1. The van der Waals surface area contributed by atoms with Crippen LogP contribution in [-0.4, -0.2) is 37.2 Å². The van der Waals surface area contributed by atoms with Gasteiger partial charge in [-0.25, -0.2) is 17.9 Å². The van der Waals surface area contributed by atoms with Crippen LogP contribution in [0.15, 0.2) is 23.1 Å². The lowest BCUT2D eigenvalue weighted by atomic mass is 10.1. The maximum atomic E-state index is 12.2. The van der Waals surface area contributed by atoms with Crippen molar-refractivity contribution >= 4 is 27.6 Å². The summed E-state index contributed by atoms with van der Waals surface area (Å²) in [5, 5.41) is 18.0. The van der Waals surface area contributed by atoms with E-state index >= 15 is 0 Å². The van der Waals surface area contributed by atoms with Crippen molar-refractivity contribution in [1.29, 1.82) is 0 Å². The maximum Gasteiger partial charge on any atom is 0.335 e. The van der Waals surface area contributed by atoms with Crippen molar-refractivity contribution in [1.82, 2.24) is 4.72 Å². The lowest BCUT2D eigenvalue weighted by Gasteiger charge is -2.20. The Labute approximate surface area is 122 Å². The highest BCUT2D eigenvalue weighted by Gasteiger charge is 2.25. The third kappa shape index (κ3) is 3.92. The van der Waals surface area contributed by atoms with Crippen LogP contribution in [-0.2, 0) is 10.0 Å². The summed E-state index contributed by atoms with van der Waals surface area (Å²) in [7, 11) is -4.01. The molecule has 1 unspecified atom stereocenters. The molecule has 1 atom stereocenters. The van der Waals surface area contributed by atoms with E-state index in [1.54, 1.807) is 13.8 Å². The fourth-order valence-electron chi connectivity index (χ4n) is 1.49. The van der Waals surface area contributed by atoms with Gasteiger partial charge in [0.15, 0.2) is 0 Å². The number of benzene rings is 1. The third-order valence-corrected chi connectivity index (χ3v) is 4.75. The third-order valence-electron chi connectivity index (χ3n) is 2.78. The van der Waals surface area contributed by atoms with Gasteiger partial charge in [-0.3, -0.25) is 0 Å². The van der Waals surface area contributed by atoms with E-state index in [1.807, 2.05) is 0 Å². The van der Waals surface area contributed by atoms with E-state index in [-0.39, 0.29) is 28.0 Å². The first-order valence-corrected chi connectivity index (χ1v) is 7.71. The van der Waals surface area contributed by atoms with Gasteiger partial charge < -0.3 is 10.2 Å². The number of nitrogens with one attached hydrogen (secondary N) is 1. The van der Waals surface area contributed by atoms with Crippen molar-refractivity contribution in [3.63, 3.8) is 0 Å². The van der Waals surface area contributed by atoms with Gasteiger partial charge in [-0.1, -0.05) is 25.4 Å². The van der Waals surface area contributed by atoms with Crippen molar-refractivity contribution in [3.05, 3.63) is 28.8 Å². The fraction of sp³-hybridized carbons (Fsp3) is 0.417. The molecule has 0 amide bonds. The molecule has 1 rings (SSSR count). The van der Waals surface area contributed by atoms with Crippen LogP contribution >= 0.6 is 11.6 Å². The normalized spacial score (nSPS) is 13.4. The topological polar surface area (TPSA) is 104 Å². The number of aromatic carboxylic acids is 1. The second-order valence-electron chi connectivity index (χ2n) is 4.60. The molecule has 0 bridgehead atoms. The quantitative estimate of drug-likeness (QED) is 0.733. The molecule has 0 saturated heterocycles. The van der Waals surface area contributed by atoms with Crippen LogP contribution in [0.3, 0.4) is 0 Å². The molecule has 1 aromatic rings. The molecular formula is C12H16ClNO5S. The number of carboxylic acids is 1. The molecular weight excluding hydrogens is 306 g/mol. The number of rotatable bonds is 6. The highest BCUT2D eigenvalue weighted by Crippen LogP contribution is 2.23. The Morgan fingerprint density at radius 2 is 2.00 bits per heavy atom. The summed E-state index contributed by atoms with van der Waals surface area (Å²) >= 11 is 5.82.